The van der Waals surface area contributed by atoms with E-state index < -0.39 is 0 Å². The minimum absolute atomic E-state index is 0.0143. The molecular weight excluding hydrogens is 194 g/mol. The fourth-order valence-electron chi connectivity index (χ4n) is 1.10. The number of carbonyl (C=O) groups is 1. The molecule has 1 heterocycles. The molecule has 1 aromatic heterocycles. The van der Waals surface area contributed by atoms with Crippen LogP contribution in [-0.2, 0) is 0 Å². The Balaban J connectivity index is 2.20. The van der Waals surface area contributed by atoms with Crippen molar-refractivity contribution in [3.8, 4) is 0 Å². The molecule has 0 fully saturated rings. The zero-order valence-corrected chi connectivity index (χ0v) is 8.52. The van der Waals surface area contributed by atoms with Crippen LogP contribution in [0.25, 0.3) is 0 Å². The summed E-state index contributed by atoms with van der Waals surface area (Å²) >= 11 is 0. The van der Waals surface area contributed by atoms with Crippen LogP contribution in [0.4, 0.5) is 0 Å². The molecule has 2 N–H and O–H groups in total. The molecule has 0 aromatic carbocycles. The van der Waals surface area contributed by atoms with Crippen molar-refractivity contribution < 1.29 is 9.90 Å². The fraction of sp³-hybridized carbons (Fsp3) is 0.500. The molecule has 0 atom stereocenters. The van der Waals surface area contributed by atoms with Gasteiger partial charge in [-0.25, -0.2) is 4.98 Å². The van der Waals surface area contributed by atoms with Gasteiger partial charge >= 0.3 is 0 Å². The highest BCUT2D eigenvalue weighted by atomic mass is 16.3. The Morgan fingerprint density at radius 3 is 2.93 bits per heavy atom. The van der Waals surface area contributed by atoms with E-state index >= 15 is 0 Å². The molecule has 1 rings (SSSR count). The van der Waals surface area contributed by atoms with Crippen molar-refractivity contribution in [1.29, 1.82) is 0 Å². The quantitative estimate of drug-likeness (QED) is 0.489. The first kappa shape index (κ1) is 11.7. The van der Waals surface area contributed by atoms with Crippen molar-refractivity contribution in [1.82, 2.24) is 15.3 Å². The molecule has 0 aliphatic rings. The number of hydrogen-bond donors (Lipinski definition) is 2. The fourth-order valence-corrected chi connectivity index (χ4v) is 1.10. The lowest BCUT2D eigenvalue weighted by Gasteiger charge is -2.02. The maximum absolute atomic E-state index is 11.5. The van der Waals surface area contributed by atoms with E-state index in [1.165, 1.54) is 18.6 Å². The smallest absolute Gasteiger partial charge is 0.184 e. The van der Waals surface area contributed by atoms with Crippen molar-refractivity contribution in [2.45, 2.75) is 12.8 Å². The summed E-state index contributed by atoms with van der Waals surface area (Å²) in [4.78, 5) is 19.2. The molecular formula is C10H15N3O2. The number of rotatable bonds is 7. The van der Waals surface area contributed by atoms with Crippen molar-refractivity contribution in [3.05, 3.63) is 24.3 Å². The van der Waals surface area contributed by atoms with Crippen LogP contribution in [0.1, 0.15) is 23.3 Å². The van der Waals surface area contributed by atoms with Crippen LogP contribution in [0.3, 0.4) is 0 Å². The first-order valence-electron chi connectivity index (χ1n) is 4.95. The zero-order valence-electron chi connectivity index (χ0n) is 8.52. The Hall–Kier alpha value is -1.33. The lowest BCUT2D eigenvalue weighted by atomic mass is 10.2. The average Bonchev–Trinajstić information content (AvgIpc) is 2.30. The third-order valence-corrected chi connectivity index (χ3v) is 1.89. The van der Waals surface area contributed by atoms with Crippen LogP contribution < -0.4 is 5.32 Å². The SMILES string of the molecule is O=C(CCNCCCO)c1cnccn1. The Kier molecular flexibility index (Phi) is 5.50. The number of ketones is 1. The van der Waals surface area contributed by atoms with Crippen LogP contribution in [0, 0.1) is 0 Å². The number of aromatic nitrogens is 2. The summed E-state index contributed by atoms with van der Waals surface area (Å²) in [6.45, 7) is 1.50. The van der Waals surface area contributed by atoms with E-state index in [-0.39, 0.29) is 12.4 Å². The van der Waals surface area contributed by atoms with E-state index in [2.05, 4.69) is 15.3 Å². The lowest BCUT2D eigenvalue weighted by Crippen LogP contribution is -2.20. The summed E-state index contributed by atoms with van der Waals surface area (Å²) in [5, 5.41) is 11.6. The standard InChI is InChI=1S/C10H15N3O2/c14-7-1-3-11-4-2-10(15)9-8-12-5-6-13-9/h5-6,8,11,14H,1-4,7H2. The molecule has 1 aromatic rings. The van der Waals surface area contributed by atoms with Gasteiger partial charge in [-0.15, -0.1) is 0 Å². The number of aliphatic hydroxyl groups excluding tert-OH is 1. The van der Waals surface area contributed by atoms with E-state index in [1.54, 1.807) is 0 Å². The maximum atomic E-state index is 11.5. The van der Waals surface area contributed by atoms with Gasteiger partial charge in [0.05, 0.1) is 6.20 Å². The summed E-state index contributed by atoms with van der Waals surface area (Å²) in [6.07, 6.45) is 5.63. The number of nitrogens with zero attached hydrogens (tertiary/aromatic N) is 2. The molecule has 0 unspecified atom stereocenters. The normalized spacial score (nSPS) is 10.2. The highest BCUT2D eigenvalue weighted by molar-refractivity contribution is 5.93. The monoisotopic (exact) mass is 209 g/mol. The number of nitrogens with one attached hydrogen (secondary N) is 1. The minimum Gasteiger partial charge on any atom is -0.396 e. The highest BCUT2D eigenvalue weighted by Crippen LogP contribution is 1.95. The van der Waals surface area contributed by atoms with Gasteiger partial charge in [0.2, 0.25) is 0 Å². The second kappa shape index (κ2) is 7.03. The molecule has 5 heteroatoms. The van der Waals surface area contributed by atoms with Gasteiger partial charge in [0, 0.05) is 32.0 Å². The first-order valence-corrected chi connectivity index (χ1v) is 4.95. The summed E-state index contributed by atoms with van der Waals surface area (Å²) in [7, 11) is 0. The van der Waals surface area contributed by atoms with Gasteiger partial charge in [-0.2, -0.15) is 0 Å². The molecule has 0 saturated heterocycles. The maximum Gasteiger partial charge on any atom is 0.184 e. The molecule has 0 saturated carbocycles. The molecule has 0 aliphatic carbocycles. The lowest BCUT2D eigenvalue weighted by molar-refractivity contribution is 0.0977. The van der Waals surface area contributed by atoms with Crippen molar-refractivity contribution in [3.63, 3.8) is 0 Å². The summed E-state index contributed by atoms with van der Waals surface area (Å²) in [5.74, 6) is -0.0143. The largest absolute Gasteiger partial charge is 0.396 e. The van der Waals surface area contributed by atoms with Crippen molar-refractivity contribution >= 4 is 5.78 Å². The average molecular weight is 209 g/mol. The van der Waals surface area contributed by atoms with Gasteiger partial charge < -0.3 is 10.4 Å². The van der Waals surface area contributed by atoms with Gasteiger partial charge in [0.25, 0.3) is 0 Å². The van der Waals surface area contributed by atoms with Crippen LogP contribution in [0.15, 0.2) is 18.6 Å². The molecule has 5 nitrogen and oxygen atoms in total. The Bertz CT molecular complexity index is 290. The van der Waals surface area contributed by atoms with Crippen LogP contribution in [-0.4, -0.2) is 40.6 Å². The Labute approximate surface area is 88.6 Å². The van der Waals surface area contributed by atoms with Gasteiger partial charge in [-0.05, 0) is 13.0 Å². The van der Waals surface area contributed by atoms with E-state index in [1.807, 2.05) is 0 Å². The summed E-state index contributed by atoms with van der Waals surface area (Å²) in [5.41, 5.74) is 0.404. The molecule has 0 amide bonds. The van der Waals surface area contributed by atoms with E-state index in [4.69, 9.17) is 5.11 Å². The van der Waals surface area contributed by atoms with E-state index in [9.17, 15) is 4.79 Å². The highest BCUT2D eigenvalue weighted by Gasteiger charge is 2.05. The third-order valence-electron chi connectivity index (χ3n) is 1.89. The molecule has 0 radical (unpaired) electrons. The zero-order chi connectivity index (χ0) is 10.9. The second-order valence-corrected chi connectivity index (χ2v) is 3.09. The van der Waals surface area contributed by atoms with E-state index in [0.717, 1.165) is 6.54 Å². The third kappa shape index (κ3) is 4.62. The Morgan fingerprint density at radius 1 is 1.40 bits per heavy atom. The topological polar surface area (TPSA) is 75.1 Å². The molecule has 0 spiro atoms. The summed E-state index contributed by atoms with van der Waals surface area (Å²) < 4.78 is 0. The van der Waals surface area contributed by atoms with Gasteiger partial charge in [0.15, 0.2) is 5.78 Å². The van der Waals surface area contributed by atoms with Crippen LogP contribution >= 0.6 is 0 Å². The first-order chi connectivity index (χ1) is 7.34. The predicted octanol–water partition coefficient (Wildman–Crippen LogP) is 0.0214. The number of aliphatic hydroxyl groups is 1. The minimum atomic E-state index is -0.0143. The molecule has 15 heavy (non-hydrogen) atoms. The molecule has 82 valence electrons. The van der Waals surface area contributed by atoms with Gasteiger partial charge in [-0.1, -0.05) is 0 Å². The molecule has 0 bridgehead atoms. The molecule has 0 aliphatic heterocycles. The van der Waals surface area contributed by atoms with Crippen molar-refractivity contribution in [2.75, 3.05) is 19.7 Å². The second-order valence-electron chi connectivity index (χ2n) is 3.09. The van der Waals surface area contributed by atoms with Gasteiger partial charge in [-0.3, -0.25) is 9.78 Å². The summed E-state index contributed by atoms with van der Waals surface area (Å²) in [6, 6.07) is 0. The Morgan fingerprint density at radius 2 is 2.27 bits per heavy atom. The van der Waals surface area contributed by atoms with Crippen LogP contribution in [0.2, 0.25) is 0 Å². The number of hydrogen-bond acceptors (Lipinski definition) is 5. The predicted molar refractivity (Wildman–Crippen MR) is 55.6 cm³/mol. The van der Waals surface area contributed by atoms with E-state index in [0.29, 0.717) is 25.1 Å². The number of carbonyl (C=O) groups excluding carboxylic acids is 1. The van der Waals surface area contributed by atoms with Gasteiger partial charge in [0.1, 0.15) is 5.69 Å². The van der Waals surface area contributed by atoms with Crippen molar-refractivity contribution in [2.24, 2.45) is 0 Å². The number of Topliss-reactive ketones (excluding diaryl/α,β-unsaturated/α-hetero) is 1. The van der Waals surface area contributed by atoms with Crippen LogP contribution in [0.5, 0.6) is 0 Å².